The number of hydrogen-bond donors (Lipinski definition) is 1. The third-order valence-corrected chi connectivity index (χ3v) is 7.21. The molecular weight excluding hydrogens is 464 g/mol. The molecule has 3 aromatic heterocycles. The van der Waals surface area contributed by atoms with E-state index in [-0.39, 0.29) is 17.5 Å². The van der Waals surface area contributed by atoms with Gasteiger partial charge in [-0.05, 0) is 41.8 Å². The lowest BCUT2D eigenvalue weighted by molar-refractivity contribution is 0.304. The number of aromatic nitrogens is 5. The molecule has 1 aliphatic rings. The van der Waals surface area contributed by atoms with Gasteiger partial charge in [-0.25, -0.2) is 14.8 Å². The largest absolute Gasteiger partial charge is 0.508 e. The molecular formula is C29H28N6O2. The Kier molecular flexibility index (Phi) is 5.73. The zero-order valence-electron chi connectivity index (χ0n) is 20.7. The molecule has 186 valence electrons. The average molecular weight is 493 g/mol. The summed E-state index contributed by atoms with van der Waals surface area (Å²) in [6, 6.07) is 19.4. The second-order valence-corrected chi connectivity index (χ2v) is 9.54. The lowest BCUT2D eigenvalue weighted by atomic mass is 10.0. The summed E-state index contributed by atoms with van der Waals surface area (Å²) >= 11 is 0. The molecule has 0 radical (unpaired) electrons. The van der Waals surface area contributed by atoms with E-state index in [0.29, 0.717) is 11.2 Å². The maximum absolute atomic E-state index is 13.8. The molecule has 1 atom stereocenters. The van der Waals surface area contributed by atoms with Crippen LogP contribution in [0, 0.1) is 0 Å². The Morgan fingerprint density at radius 2 is 1.76 bits per heavy atom. The third-order valence-electron chi connectivity index (χ3n) is 7.21. The fraction of sp³-hybridized carbons (Fsp3) is 0.207. The number of aliphatic hydroxyl groups is 1. The number of likely N-dealkylation sites (tertiary alicyclic amines) is 1. The predicted molar refractivity (Wildman–Crippen MR) is 145 cm³/mol. The molecule has 8 heteroatoms. The van der Waals surface area contributed by atoms with Gasteiger partial charge in [0, 0.05) is 44.3 Å². The SMILES string of the molecule is C=C(O)c1ccc(-c2ccc(-n3c(=O)n([C@H]4CCN(Cc5nccn5C)C4)c4ncccc43)cc2)cc1. The minimum atomic E-state index is -0.0731. The molecule has 1 fully saturated rings. The van der Waals surface area contributed by atoms with Crippen LogP contribution in [0.3, 0.4) is 0 Å². The number of aryl methyl sites for hydroxylation is 1. The number of aliphatic hydroxyl groups excluding tert-OH is 1. The molecule has 6 rings (SSSR count). The Balaban J connectivity index is 1.32. The van der Waals surface area contributed by atoms with Crippen molar-refractivity contribution in [1.82, 2.24) is 28.6 Å². The van der Waals surface area contributed by atoms with Crippen molar-refractivity contribution >= 4 is 16.9 Å². The maximum atomic E-state index is 13.8. The van der Waals surface area contributed by atoms with Crippen molar-refractivity contribution in [3.05, 3.63) is 108 Å². The highest BCUT2D eigenvalue weighted by Crippen LogP contribution is 2.27. The summed E-state index contributed by atoms with van der Waals surface area (Å²) < 4.78 is 5.66. The van der Waals surface area contributed by atoms with E-state index in [1.54, 1.807) is 10.8 Å². The van der Waals surface area contributed by atoms with Crippen molar-refractivity contribution in [2.45, 2.75) is 19.0 Å². The van der Waals surface area contributed by atoms with Crippen LogP contribution in [-0.4, -0.2) is 46.8 Å². The Morgan fingerprint density at radius 1 is 1.03 bits per heavy atom. The van der Waals surface area contributed by atoms with E-state index in [1.165, 1.54) is 0 Å². The van der Waals surface area contributed by atoms with Gasteiger partial charge in [0.05, 0.1) is 23.8 Å². The summed E-state index contributed by atoms with van der Waals surface area (Å²) in [5, 5.41) is 9.58. The molecule has 1 N–H and O–H groups in total. The van der Waals surface area contributed by atoms with Crippen LogP contribution >= 0.6 is 0 Å². The number of pyridine rings is 1. The van der Waals surface area contributed by atoms with Crippen LogP contribution in [-0.2, 0) is 13.6 Å². The summed E-state index contributed by atoms with van der Waals surface area (Å²) in [6.45, 7) is 6.01. The predicted octanol–water partition coefficient (Wildman–Crippen LogP) is 4.56. The molecule has 8 nitrogen and oxygen atoms in total. The van der Waals surface area contributed by atoms with Crippen LogP contribution in [0.15, 0.2) is 90.6 Å². The number of benzene rings is 2. The Morgan fingerprint density at radius 3 is 2.43 bits per heavy atom. The van der Waals surface area contributed by atoms with Crippen LogP contribution in [0.2, 0.25) is 0 Å². The van der Waals surface area contributed by atoms with Gasteiger partial charge in [0.15, 0.2) is 5.65 Å². The monoisotopic (exact) mass is 492 g/mol. The van der Waals surface area contributed by atoms with Crippen LogP contribution in [0.25, 0.3) is 33.7 Å². The van der Waals surface area contributed by atoms with Gasteiger partial charge in [0.1, 0.15) is 11.6 Å². The first kappa shape index (κ1) is 23.0. The topological polar surface area (TPSA) is 81.1 Å². The third kappa shape index (κ3) is 4.15. The molecule has 0 amide bonds. The van der Waals surface area contributed by atoms with Crippen molar-refractivity contribution in [2.24, 2.45) is 7.05 Å². The normalized spacial score (nSPS) is 16.0. The lowest BCUT2D eigenvalue weighted by Crippen LogP contribution is -2.29. The summed E-state index contributed by atoms with van der Waals surface area (Å²) in [6.07, 6.45) is 6.40. The Hall–Kier alpha value is -4.43. The quantitative estimate of drug-likeness (QED) is 0.352. The Labute approximate surface area is 214 Å². The molecule has 2 aromatic carbocycles. The van der Waals surface area contributed by atoms with Crippen molar-refractivity contribution in [1.29, 1.82) is 0 Å². The highest BCUT2D eigenvalue weighted by atomic mass is 16.3. The van der Waals surface area contributed by atoms with Crippen molar-refractivity contribution < 1.29 is 5.11 Å². The summed E-state index contributed by atoms with van der Waals surface area (Å²) in [5.41, 5.74) is 4.97. The van der Waals surface area contributed by atoms with E-state index in [9.17, 15) is 9.90 Å². The smallest absolute Gasteiger partial charge is 0.335 e. The number of nitrogens with zero attached hydrogens (tertiary/aromatic N) is 6. The Bertz CT molecular complexity index is 1640. The number of hydrogen-bond acceptors (Lipinski definition) is 5. The van der Waals surface area contributed by atoms with Crippen LogP contribution in [0.5, 0.6) is 0 Å². The van der Waals surface area contributed by atoms with Gasteiger partial charge in [-0.1, -0.05) is 43.0 Å². The average Bonchev–Trinajstić information content (AvgIpc) is 3.61. The molecule has 0 unspecified atom stereocenters. The fourth-order valence-corrected chi connectivity index (χ4v) is 5.20. The molecule has 0 bridgehead atoms. The van der Waals surface area contributed by atoms with E-state index < -0.39 is 0 Å². The zero-order chi connectivity index (χ0) is 25.5. The first-order valence-corrected chi connectivity index (χ1v) is 12.4. The van der Waals surface area contributed by atoms with Gasteiger partial charge in [0.2, 0.25) is 0 Å². The van der Waals surface area contributed by atoms with Crippen LogP contribution in [0.1, 0.15) is 23.9 Å². The first-order chi connectivity index (χ1) is 18.0. The standard InChI is InChI=1S/C29H28N6O2/c1-20(36)21-5-7-22(8-6-21)23-9-11-24(12-10-23)34-26-4-3-14-31-28(26)35(29(34)37)25-13-16-33(18-25)19-27-30-15-17-32(27)2/h3-12,14-15,17,25,36H,1,13,16,18-19H2,2H3/t25-/m0/s1. The van der Waals surface area contributed by atoms with Gasteiger partial charge in [-0.15, -0.1) is 0 Å². The van der Waals surface area contributed by atoms with Crippen LogP contribution < -0.4 is 5.69 Å². The molecule has 5 aromatic rings. The molecule has 4 heterocycles. The summed E-state index contributed by atoms with van der Waals surface area (Å²) in [5.74, 6) is 1.07. The van der Waals surface area contributed by atoms with E-state index in [2.05, 4.69) is 21.4 Å². The minimum absolute atomic E-state index is 0.0467. The molecule has 0 aliphatic carbocycles. The molecule has 1 aliphatic heterocycles. The van der Waals surface area contributed by atoms with E-state index in [1.807, 2.05) is 89.2 Å². The number of imidazole rings is 2. The maximum Gasteiger partial charge on any atom is 0.335 e. The van der Waals surface area contributed by atoms with Gasteiger partial charge in [-0.3, -0.25) is 14.0 Å². The van der Waals surface area contributed by atoms with Crippen molar-refractivity contribution in [2.75, 3.05) is 13.1 Å². The van der Waals surface area contributed by atoms with Crippen molar-refractivity contribution in [3.8, 4) is 16.8 Å². The number of rotatable bonds is 6. The zero-order valence-corrected chi connectivity index (χ0v) is 20.7. The molecule has 0 saturated carbocycles. The summed E-state index contributed by atoms with van der Waals surface area (Å²) in [4.78, 5) is 25.2. The van der Waals surface area contributed by atoms with Crippen molar-refractivity contribution in [3.63, 3.8) is 0 Å². The lowest BCUT2D eigenvalue weighted by Gasteiger charge is -2.16. The van der Waals surface area contributed by atoms with E-state index in [0.717, 1.165) is 54.2 Å². The van der Waals surface area contributed by atoms with Crippen LogP contribution in [0.4, 0.5) is 0 Å². The second-order valence-electron chi connectivity index (χ2n) is 9.54. The van der Waals surface area contributed by atoms with Gasteiger partial charge in [-0.2, -0.15) is 0 Å². The molecule has 0 spiro atoms. The second kappa shape index (κ2) is 9.22. The first-order valence-electron chi connectivity index (χ1n) is 12.4. The highest BCUT2D eigenvalue weighted by Gasteiger charge is 2.29. The fourth-order valence-electron chi connectivity index (χ4n) is 5.20. The van der Waals surface area contributed by atoms with Gasteiger partial charge in [0.25, 0.3) is 0 Å². The highest BCUT2D eigenvalue weighted by molar-refractivity contribution is 5.75. The van der Waals surface area contributed by atoms with E-state index >= 15 is 0 Å². The minimum Gasteiger partial charge on any atom is -0.508 e. The van der Waals surface area contributed by atoms with Gasteiger partial charge >= 0.3 is 5.69 Å². The van der Waals surface area contributed by atoms with E-state index in [4.69, 9.17) is 0 Å². The number of fused-ring (bicyclic) bond motifs is 1. The summed E-state index contributed by atoms with van der Waals surface area (Å²) in [7, 11) is 2.00. The van der Waals surface area contributed by atoms with Gasteiger partial charge < -0.3 is 9.67 Å². The molecule has 37 heavy (non-hydrogen) atoms. The molecule has 1 saturated heterocycles.